The first-order chi connectivity index (χ1) is 13.1. The summed E-state index contributed by atoms with van der Waals surface area (Å²) >= 11 is 0. The highest BCUT2D eigenvalue weighted by molar-refractivity contribution is 5.80. The topological polar surface area (TPSA) is 86.1 Å². The molecule has 0 spiro atoms. The first-order valence-corrected chi connectivity index (χ1v) is 9.36. The molecule has 144 valence electrons. The third kappa shape index (κ3) is 4.93. The molecule has 1 aliphatic rings. The average Bonchev–Trinajstić information content (AvgIpc) is 2.73. The predicted octanol–water partition coefficient (Wildman–Crippen LogP) is 2.14. The fourth-order valence-electron chi connectivity index (χ4n) is 3.45. The van der Waals surface area contributed by atoms with Crippen molar-refractivity contribution < 1.29 is 19.8 Å². The third-order valence-electron chi connectivity index (χ3n) is 5.06. The van der Waals surface area contributed by atoms with Crippen molar-refractivity contribution in [2.45, 2.75) is 50.9 Å². The fraction of sp³-hybridized carbons (Fsp3) is 0.381. The quantitative estimate of drug-likeness (QED) is 0.514. The summed E-state index contributed by atoms with van der Waals surface area (Å²) in [5.41, 5.74) is 4.10. The molecule has 0 aliphatic heterocycles. The number of hydrogen-bond acceptors (Lipinski definition) is 5. The van der Waals surface area contributed by atoms with Crippen LogP contribution >= 0.6 is 0 Å². The summed E-state index contributed by atoms with van der Waals surface area (Å²) in [7, 11) is 0. The van der Waals surface area contributed by atoms with E-state index in [9.17, 15) is 10.0 Å². The molecule has 2 aromatic carbocycles. The minimum atomic E-state index is -0.972. The number of aliphatic hydroxyl groups excluding tert-OH is 1. The van der Waals surface area contributed by atoms with Gasteiger partial charge >= 0.3 is 5.97 Å². The second kappa shape index (κ2) is 9.10. The lowest BCUT2D eigenvalue weighted by molar-refractivity contribution is -0.836. The normalized spacial score (nSPS) is 17.3. The summed E-state index contributed by atoms with van der Waals surface area (Å²) in [6, 6.07) is 16.3. The third-order valence-corrected chi connectivity index (χ3v) is 5.06. The van der Waals surface area contributed by atoms with E-state index < -0.39 is 5.54 Å². The molecule has 2 aromatic rings. The van der Waals surface area contributed by atoms with Crippen LogP contribution in [0.1, 0.15) is 43.2 Å². The SMILES string of the molecule is O=C(OCc1ccccc1)C1(N[NH+]([O-])c2ccc(CO)cc2)CCCCC1. The van der Waals surface area contributed by atoms with Crippen molar-refractivity contribution in [3.63, 3.8) is 0 Å². The molecule has 1 unspecified atom stereocenters. The van der Waals surface area contributed by atoms with E-state index in [1.165, 1.54) is 0 Å². The minimum Gasteiger partial charge on any atom is -0.608 e. The van der Waals surface area contributed by atoms with Gasteiger partial charge in [0.25, 0.3) is 0 Å². The Morgan fingerprint density at radius 1 is 1.04 bits per heavy atom. The standard InChI is InChI=1S/C21H26N2O4/c24-15-17-9-11-19(12-10-17)23(26)22-21(13-5-2-6-14-21)20(25)27-16-18-7-3-1-4-8-18/h1,3-4,7-12,22-24H,2,5-6,13-16H2. The molecule has 0 bridgehead atoms. The summed E-state index contributed by atoms with van der Waals surface area (Å²) < 4.78 is 5.56. The van der Waals surface area contributed by atoms with Crippen molar-refractivity contribution in [2.24, 2.45) is 0 Å². The number of quaternary nitrogens is 1. The summed E-state index contributed by atoms with van der Waals surface area (Å²) in [4.78, 5) is 12.9. The fourth-order valence-corrected chi connectivity index (χ4v) is 3.45. The van der Waals surface area contributed by atoms with E-state index in [2.05, 4.69) is 5.43 Å². The van der Waals surface area contributed by atoms with Crippen LogP contribution in [0.5, 0.6) is 0 Å². The number of benzene rings is 2. The summed E-state index contributed by atoms with van der Waals surface area (Å²) in [5.74, 6) is -0.369. The first-order valence-electron chi connectivity index (χ1n) is 9.36. The Kier molecular flexibility index (Phi) is 6.58. The number of carbonyl (C=O) groups is 1. The van der Waals surface area contributed by atoms with Crippen molar-refractivity contribution in [1.82, 2.24) is 5.43 Å². The van der Waals surface area contributed by atoms with Gasteiger partial charge in [0, 0.05) is 12.1 Å². The maximum Gasteiger partial charge on any atom is 0.332 e. The predicted molar refractivity (Wildman–Crippen MR) is 102 cm³/mol. The van der Waals surface area contributed by atoms with E-state index in [0.717, 1.165) is 30.4 Å². The number of nitrogens with one attached hydrogen (secondary N) is 2. The van der Waals surface area contributed by atoms with Gasteiger partial charge in [-0.3, -0.25) is 5.17 Å². The van der Waals surface area contributed by atoms with Crippen molar-refractivity contribution in [3.8, 4) is 0 Å². The molecule has 1 fully saturated rings. The number of esters is 1. The highest BCUT2D eigenvalue weighted by atomic mass is 16.6. The molecule has 6 heteroatoms. The van der Waals surface area contributed by atoms with Gasteiger partial charge in [-0.1, -0.05) is 61.7 Å². The van der Waals surface area contributed by atoms with Gasteiger partial charge < -0.3 is 15.1 Å². The van der Waals surface area contributed by atoms with Crippen LogP contribution < -0.4 is 10.6 Å². The molecule has 1 saturated carbocycles. The van der Waals surface area contributed by atoms with Crippen molar-refractivity contribution in [2.75, 3.05) is 0 Å². The van der Waals surface area contributed by atoms with Crippen molar-refractivity contribution in [3.05, 3.63) is 70.9 Å². The zero-order valence-corrected chi connectivity index (χ0v) is 15.3. The van der Waals surface area contributed by atoms with E-state index in [1.807, 2.05) is 30.3 Å². The van der Waals surface area contributed by atoms with Gasteiger partial charge in [-0.05, 0) is 24.0 Å². The van der Waals surface area contributed by atoms with Gasteiger partial charge in [0.05, 0.1) is 6.61 Å². The first kappa shape index (κ1) is 19.5. The van der Waals surface area contributed by atoms with Gasteiger partial charge in [0.15, 0.2) is 11.2 Å². The second-order valence-electron chi connectivity index (χ2n) is 7.01. The molecule has 0 radical (unpaired) electrons. The van der Waals surface area contributed by atoms with Gasteiger partial charge in [0.2, 0.25) is 0 Å². The monoisotopic (exact) mass is 370 g/mol. The lowest BCUT2D eigenvalue weighted by atomic mass is 9.82. The van der Waals surface area contributed by atoms with Crippen LogP contribution in [0.4, 0.5) is 5.69 Å². The molecule has 1 atom stereocenters. The Labute approximate surface area is 159 Å². The number of rotatable bonds is 7. The average molecular weight is 370 g/mol. The lowest BCUT2D eigenvalue weighted by Gasteiger charge is -2.38. The van der Waals surface area contributed by atoms with E-state index in [-0.39, 0.29) is 24.4 Å². The van der Waals surface area contributed by atoms with Gasteiger partial charge in [0.1, 0.15) is 6.61 Å². The minimum absolute atomic E-state index is 0.0718. The van der Waals surface area contributed by atoms with Crippen LogP contribution in [0.25, 0.3) is 0 Å². The Bertz CT molecular complexity index is 728. The lowest BCUT2D eigenvalue weighted by Crippen LogP contribution is -3.12. The Morgan fingerprint density at radius 3 is 2.33 bits per heavy atom. The smallest absolute Gasteiger partial charge is 0.332 e. The van der Waals surface area contributed by atoms with Crippen LogP contribution in [0.15, 0.2) is 54.6 Å². The maximum absolute atomic E-state index is 12.9. The van der Waals surface area contributed by atoms with Crippen LogP contribution in [0, 0.1) is 5.21 Å². The molecular formula is C21H26N2O4. The van der Waals surface area contributed by atoms with Crippen LogP contribution in [-0.2, 0) is 22.7 Å². The van der Waals surface area contributed by atoms with Gasteiger partial charge in [-0.2, -0.15) is 0 Å². The zero-order valence-electron chi connectivity index (χ0n) is 15.3. The van der Waals surface area contributed by atoms with E-state index in [1.54, 1.807) is 24.3 Å². The molecule has 1 aliphatic carbocycles. The summed E-state index contributed by atoms with van der Waals surface area (Å²) in [6.07, 6.45) is 3.98. The molecule has 0 heterocycles. The molecule has 0 aromatic heterocycles. The van der Waals surface area contributed by atoms with E-state index >= 15 is 0 Å². The Balaban J connectivity index is 1.70. The molecule has 0 amide bonds. The van der Waals surface area contributed by atoms with E-state index in [0.29, 0.717) is 18.5 Å². The van der Waals surface area contributed by atoms with Crippen molar-refractivity contribution >= 4 is 11.7 Å². The molecule has 0 saturated heterocycles. The van der Waals surface area contributed by atoms with Crippen LogP contribution in [0.2, 0.25) is 0 Å². The molecule has 27 heavy (non-hydrogen) atoms. The largest absolute Gasteiger partial charge is 0.608 e. The summed E-state index contributed by atoms with van der Waals surface area (Å²) in [6.45, 7) is 0.125. The van der Waals surface area contributed by atoms with Crippen LogP contribution in [-0.4, -0.2) is 16.6 Å². The highest BCUT2D eigenvalue weighted by Gasteiger charge is 2.43. The summed E-state index contributed by atoms with van der Waals surface area (Å²) in [5, 5.41) is 21.6. The zero-order chi connectivity index (χ0) is 19.1. The molecular weight excluding hydrogens is 344 g/mol. The molecule has 3 rings (SSSR count). The number of hydrogen-bond donors (Lipinski definition) is 3. The number of carbonyl (C=O) groups excluding carboxylic acids is 1. The Hall–Kier alpha value is -2.25. The van der Waals surface area contributed by atoms with Gasteiger partial charge in [-0.15, -0.1) is 5.43 Å². The molecule has 3 N–H and O–H groups in total. The van der Waals surface area contributed by atoms with E-state index in [4.69, 9.17) is 9.84 Å². The number of ether oxygens (including phenoxy) is 1. The Morgan fingerprint density at radius 2 is 1.70 bits per heavy atom. The number of aliphatic hydroxyl groups is 1. The molecule has 6 nitrogen and oxygen atoms in total. The van der Waals surface area contributed by atoms with Crippen LogP contribution in [0.3, 0.4) is 0 Å². The maximum atomic E-state index is 12.9. The second-order valence-corrected chi connectivity index (χ2v) is 7.01. The highest BCUT2D eigenvalue weighted by Crippen LogP contribution is 2.29. The van der Waals surface area contributed by atoms with Gasteiger partial charge in [-0.25, -0.2) is 4.79 Å². The van der Waals surface area contributed by atoms with Crippen molar-refractivity contribution in [1.29, 1.82) is 0 Å².